The lowest BCUT2D eigenvalue weighted by Gasteiger charge is -2.21. The molecule has 34 heavy (non-hydrogen) atoms. The van der Waals surface area contributed by atoms with Crippen molar-refractivity contribution in [3.8, 4) is 5.75 Å². The molecule has 3 aromatic carbocycles. The van der Waals surface area contributed by atoms with Gasteiger partial charge >= 0.3 is 6.18 Å². The van der Waals surface area contributed by atoms with E-state index in [0.717, 1.165) is 0 Å². The zero-order chi connectivity index (χ0) is 24.4. The highest BCUT2D eigenvalue weighted by Crippen LogP contribution is 2.42. The molecule has 7 heteroatoms. The lowest BCUT2D eigenvalue weighted by molar-refractivity contribution is -0.0685. The summed E-state index contributed by atoms with van der Waals surface area (Å²) in [5.41, 5.74) is 0.398. The SMILES string of the molecule is OCCN(CCO)CCOc1ccc(/C(=C(\c2ccccc2)C(F)(F)F)c2ccccc2)cc1. The predicted molar refractivity (Wildman–Crippen MR) is 127 cm³/mol. The Bertz CT molecular complexity index is 1030. The Balaban J connectivity index is 1.93. The molecule has 0 saturated heterocycles. The van der Waals surface area contributed by atoms with E-state index in [1.165, 1.54) is 12.1 Å². The number of benzene rings is 3. The normalized spacial score (nSPS) is 12.5. The second-order valence-electron chi connectivity index (χ2n) is 7.64. The Hall–Kier alpha value is -3.13. The van der Waals surface area contributed by atoms with Crippen LogP contribution >= 0.6 is 0 Å². The first-order valence-corrected chi connectivity index (χ1v) is 11.0. The number of aliphatic hydroxyl groups excluding tert-OH is 2. The molecule has 0 aliphatic heterocycles. The van der Waals surface area contributed by atoms with Gasteiger partial charge in [-0.05, 0) is 28.8 Å². The summed E-state index contributed by atoms with van der Waals surface area (Å²) in [6.45, 7) is 1.63. The van der Waals surface area contributed by atoms with Gasteiger partial charge in [0.15, 0.2) is 0 Å². The minimum atomic E-state index is -4.56. The molecular weight excluding hydrogens is 443 g/mol. The Morgan fingerprint density at radius 3 is 1.68 bits per heavy atom. The molecule has 0 aromatic heterocycles. The molecule has 4 nitrogen and oxygen atoms in total. The summed E-state index contributed by atoms with van der Waals surface area (Å²) in [6.07, 6.45) is -4.56. The molecule has 0 atom stereocenters. The van der Waals surface area contributed by atoms with Crippen molar-refractivity contribution >= 4 is 11.1 Å². The Morgan fingerprint density at radius 1 is 0.676 bits per heavy atom. The van der Waals surface area contributed by atoms with Crippen molar-refractivity contribution in [3.63, 3.8) is 0 Å². The fourth-order valence-corrected chi connectivity index (χ4v) is 3.74. The molecule has 0 aliphatic rings. The highest BCUT2D eigenvalue weighted by molar-refractivity contribution is 6.00. The number of aliphatic hydroxyl groups is 2. The van der Waals surface area contributed by atoms with E-state index < -0.39 is 11.7 Å². The van der Waals surface area contributed by atoms with E-state index >= 15 is 0 Å². The quantitative estimate of drug-likeness (QED) is 0.392. The minimum absolute atomic E-state index is 0.0216. The zero-order valence-corrected chi connectivity index (χ0v) is 18.7. The number of hydrogen-bond acceptors (Lipinski definition) is 4. The summed E-state index contributed by atoms with van der Waals surface area (Å²) in [5.74, 6) is 0.525. The zero-order valence-electron chi connectivity index (χ0n) is 18.7. The second kappa shape index (κ2) is 12.4. The van der Waals surface area contributed by atoms with Gasteiger partial charge in [-0.2, -0.15) is 13.2 Å². The average molecular weight is 472 g/mol. The molecular formula is C27H28F3NO3. The molecule has 180 valence electrons. The summed E-state index contributed by atoms with van der Waals surface area (Å²) in [4.78, 5) is 1.86. The van der Waals surface area contributed by atoms with Gasteiger partial charge in [0.2, 0.25) is 0 Å². The van der Waals surface area contributed by atoms with Gasteiger partial charge in [0.1, 0.15) is 12.4 Å². The minimum Gasteiger partial charge on any atom is -0.492 e. The van der Waals surface area contributed by atoms with Crippen molar-refractivity contribution in [1.82, 2.24) is 4.90 Å². The molecule has 0 amide bonds. The Kier molecular flexibility index (Phi) is 9.27. The van der Waals surface area contributed by atoms with E-state index in [1.54, 1.807) is 72.8 Å². The number of rotatable bonds is 11. The van der Waals surface area contributed by atoms with Crippen molar-refractivity contribution in [1.29, 1.82) is 0 Å². The second-order valence-corrected chi connectivity index (χ2v) is 7.64. The summed E-state index contributed by atoms with van der Waals surface area (Å²) < 4.78 is 48.8. The highest BCUT2D eigenvalue weighted by Gasteiger charge is 2.38. The van der Waals surface area contributed by atoms with E-state index in [0.29, 0.717) is 43.1 Å². The topological polar surface area (TPSA) is 52.9 Å². The Labute approximate surface area is 197 Å². The van der Waals surface area contributed by atoms with Crippen LogP contribution in [0.15, 0.2) is 84.9 Å². The standard InChI is InChI=1S/C27H28F3NO3/c28-27(29,30)26(23-9-5-2-6-10-23)25(21-7-3-1-4-8-21)22-11-13-24(14-12-22)34-20-17-31(15-18-32)16-19-33/h1-14,32-33H,15-20H2/b26-25+. The van der Waals surface area contributed by atoms with Crippen LogP contribution in [0.5, 0.6) is 5.75 Å². The molecule has 0 aliphatic carbocycles. The monoisotopic (exact) mass is 471 g/mol. The summed E-state index contributed by atoms with van der Waals surface area (Å²) >= 11 is 0. The Morgan fingerprint density at radius 2 is 1.18 bits per heavy atom. The highest BCUT2D eigenvalue weighted by atomic mass is 19.4. The van der Waals surface area contributed by atoms with Crippen LogP contribution in [0, 0.1) is 0 Å². The number of halogens is 3. The van der Waals surface area contributed by atoms with E-state index in [2.05, 4.69) is 0 Å². The van der Waals surface area contributed by atoms with Crippen LogP contribution in [0.4, 0.5) is 13.2 Å². The molecule has 3 rings (SSSR count). The van der Waals surface area contributed by atoms with Crippen LogP contribution < -0.4 is 4.74 Å². The molecule has 3 aromatic rings. The molecule has 0 saturated carbocycles. The molecule has 0 bridgehead atoms. The molecule has 0 radical (unpaired) electrons. The predicted octanol–water partition coefficient (Wildman–Crippen LogP) is 4.87. The largest absolute Gasteiger partial charge is 0.492 e. The number of allylic oxidation sites excluding steroid dienone is 1. The van der Waals surface area contributed by atoms with Crippen LogP contribution in [-0.4, -0.2) is 60.7 Å². The van der Waals surface area contributed by atoms with Crippen LogP contribution in [0.1, 0.15) is 16.7 Å². The first-order valence-electron chi connectivity index (χ1n) is 11.0. The third-order valence-corrected chi connectivity index (χ3v) is 5.31. The van der Waals surface area contributed by atoms with Gasteiger partial charge in [0.05, 0.1) is 18.8 Å². The first-order chi connectivity index (χ1) is 16.4. The third kappa shape index (κ3) is 6.93. The van der Waals surface area contributed by atoms with Gasteiger partial charge < -0.3 is 14.9 Å². The average Bonchev–Trinajstić information content (AvgIpc) is 2.83. The van der Waals surface area contributed by atoms with Gasteiger partial charge in [0.25, 0.3) is 0 Å². The number of alkyl halides is 3. The van der Waals surface area contributed by atoms with Gasteiger partial charge in [-0.25, -0.2) is 0 Å². The maximum atomic E-state index is 14.4. The van der Waals surface area contributed by atoms with Crippen molar-refractivity contribution in [2.75, 3.05) is 39.5 Å². The number of ether oxygens (including phenoxy) is 1. The van der Waals surface area contributed by atoms with Crippen LogP contribution in [0.3, 0.4) is 0 Å². The maximum Gasteiger partial charge on any atom is 0.417 e. The van der Waals surface area contributed by atoms with Crippen molar-refractivity contribution in [2.45, 2.75) is 6.18 Å². The fourth-order valence-electron chi connectivity index (χ4n) is 3.74. The lowest BCUT2D eigenvalue weighted by atomic mass is 9.89. The van der Waals surface area contributed by atoms with Crippen molar-refractivity contribution in [2.24, 2.45) is 0 Å². The first kappa shape index (κ1) is 25.5. The molecule has 2 N–H and O–H groups in total. The van der Waals surface area contributed by atoms with Crippen LogP contribution in [0.25, 0.3) is 11.1 Å². The van der Waals surface area contributed by atoms with Crippen molar-refractivity contribution in [3.05, 3.63) is 102 Å². The van der Waals surface area contributed by atoms with E-state index in [-0.39, 0.29) is 24.4 Å². The summed E-state index contributed by atoms with van der Waals surface area (Å²) in [7, 11) is 0. The van der Waals surface area contributed by atoms with Gasteiger partial charge in [-0.1, -0.05) is 72.8 Å². The molecule has 0 spiro atoms. The number of hydrogen-bond donors (Lipinski definition) is 2. The number of nitrogens with zero attached hydrogens (tertiary/aromatic N) is 1. The molecule has 0 unspecified atom stereocenters. The van der Waals surface area contributed by atoms with Gasteiger partial charge in [-0.3, -0.25) is 4.90 Å². The fraction of sp³-hybridized carbons (Fsp3) is 0.259. The van der Waals surface area contributed by atoms with Gasteiger partial charge in [0, 0.05) is 25.2 Å². The van der Waals surface area contributed by atoms with Gasteiger partial charge in [-0.15, -0.1) is 0 Å². The van der Waals surface area contributed by atoms with Crippen LogP contribution in [0.2, 0.25) is 0 Å². The maximum absolute atomic E-state index is 14.4. The van der Waals surface area contributed by atoms with E-state index in [4.69, 9.17) is 14.9 Å². The van der Waals surface area contributed by atoms with Crippen LogP contribution in [-0.2, 0) is 0 Å². The molecule has 0 fully saturated rings. The molecule has 0 heterocycles. The summed E-state index contributed by atoms with van der Waals surface area (Å²) in [6, 6.07) is 22.9. The smallest absolute Gasteiger partial charge is 0.417 e. The van der Waals surface area contributed by atoms with Crippen molar-refractivity contribution < 1.29 is 28.1 Å². The van der Waals surface area contributed by atoms with E-state index in [9.17, 15) is 13.2 Å². The van der Waals surface area contributed by atoms with E-state index in [1.807, 2.05) is 4.90 Å². The summed E-state index contributed by atoms with van der Waals surface area (Å²) in [5, 5.41) is 18.2. The third-order valence-electron chi connectivity index (χ3n) is 5.31. The lowest BCUT2D eigenvalue weighted by Crippen LogP contribution is -2.33.